The average Bonchev–Trinajstić information content (AvgIpc) is 2.97. The number of hydrogen-bond acceptors (Lipinski definition) is 7. The van der Waals surface area contributed by atoms with Crippen LogP contribution in [0.1, 0.15) is 12.8 Å². The van der Waals surface area contributed by atoms with Crippen LogP contribution in [0.15, 0.2) is 12.4 Å². The minimum atomic E-state index is -0.0212. The largest absolute Gasteiger partial charge is 0.494 e. The Hall–Kier alpha value is -1.93. The Morgan fingerprint density at radius 2 is 2.17 bits per heavy atom. The zero-order chi connectivity index (χ0) is 17.1. The second-order valence-electron chi connectivity index (χ2n) is 6.58. The molecule has 3 atom stereocenters. The van der Waals surface area contributed by atoms with Crippen molar-refractivity contribution >= 4 is 11.9 Å². The van der Waals surface area contributed by atoms with Gasteiger partial charge in [0.25, 0.3) is 0 Å². The van der Waals surface area contributed by atoms with Crippen molar-refractivity contribution in [3.8, 4) is 5.75 Å². The highest BCUT2D eigenvalue weighted by Crippen LogP contribution is 2.26. The lowest BCUT2D eigenvalue weighted by Crippen LogP contribution is -2.47. The van der Waals surface area contributed by atoms with Gasteiger partial charge < -0.3 is 19.7 Å². The first-order valence-corrected chi connectivity index (χ1v) is 8.23. The van der Waals surface area contributed by atoms with E-state index in [4.69, 9.17) is 9.47 Å². The summed E-state index contributed by atoms with van der Waals surface area (Å²) in [6.07, 6.45) is 4.72. The van der Waals surface area contributed by atoms with Crippen LogP contribution in [-0.4, -0.2) is 84.8 Å². The average molecular weight is 335 g/mol. The Morgan fingerprint density at radius 1 is 1.42 bits per heavy atom. The molecule has 2 aliphatic heterocycles. The van der Waals surface area contributed by atoms with Crippen molar-refractivity contribution < 1.29 is 14.3 Å². The zero-order valence-electron chi connectivity index (χ0n) is 14.4. The molecule has 1 N–H and O–H groups in total. The number of methoxy groups -OCH3 is 1. The van der Waals surface area contributed by atoms with E-state index in [2.05, 4.69) is 20.2 Å². The normalized spacial score (nSPS) is 26.7. The van der Waals surface area contributed by atoms with Gasteiger partial charge >= 0.3 is 0 Å². The van der Waals surface area contributed by atoms with Gasteiger partial charge in [-0.3, -0.25) is 9.69 Å². The van der Waals surface area contributed by atoms with E-state index in [1.54, 1.807) is 38.5 Å². The smallest absolute Gasteiger partial charge is 0.224 e. The molecule has 0 aliphatic carbocycles. The second-order valence-corrected chi connectivity index (χ2v) is 6.58. The number of fused-ring (bicyclic) bond motifs is 1. The highest BCUT2D eigenvalue weighted by atomic mass is 16.5. The van der Waals surface area contributed by atoms with Crippen LogP contribution in [-0.2, 0) is 9.53 Å². The summed E-state index contributed by atoms with van der Waals surface area (Å²) in [5, 5.41) is 3.37. The molecule has 1 aromatic rings. The van der Waals surface area contributed by atoms with Gasteiger partial charge in [-0.25, -0.2) is 9.97 Å². The van der Waals surface area contributed by atoms with Gasteiger partial charge in [0.1, 0.15) is 0 Å². The fourth-order valence-electron chi connectivity index (χ4n) is 3.23. The van der Waals surface area contributed by atoms with Crippen LogP contribution >= 0.6 is 0 Å². The molecule has 0 radical (unpaired) electrons. The van der Waals surface area contributed by atoms with E-state index in [0.717, 1.165) is 19.5 Å². The molecule has 0 bridgehead atoms. The predicted molar refractivity (Wildman–Crippen MR) is 89.0 cm³/mol. The van der Waals surface area contributed by atoms with E-state index in [-0.39, 0.29) is 18.1 Å². The van der Waals surface area contributed by atoms with E-state index >= 15 is 0 Å². The Bertz CT molecular complexity index is 565. The number of nitrogens with zero attached hydrogens (tertiary/aromatic N) is 4. The first-order chi connectivity index (χ1) is 11.5. The van der Waals surface area contributed by atoms with Crippen molar-refractivity contribution in [3.63, 3.8) is 0 Å². The second kappa shape index (κ2) is 7.31. The van der Waals surface area contributed by atoms with Crippen molar-refractivity contribution in [2.75, 3.05) is 46.2 Å². The number of rotatable bonds is 5. The number of aromatic nitrogens is 2. The highest BCUT2D eigenvalue weighted by molar-refractivity contribution is 5.76. The maximum atomic E-state index is 11.8. The summed E-state index contributed by atoms with van der Waals surface area (Å²) < 4.78 is 10.9. The van der Waals surface area contributed by atoms with Crippen molar-refractivity contribution in [1.82, 2.24) is 19.8 Å². The van der Waals surface area contributed by atoms with Crippen LogP contribution in [0.25, 0.3) is 0 Å². The Morgan fingerprint density at radius 3 is 2.83 bits per heavy atom. The number of morpholine rings is 1. The predicted octanol–water partition coefficient (Wildman–Crippen LogP) is 0.217. The molecule has 0 saturated carbocycles. The van der Waals surface area contributed by atoms with E-state index in [1.807, 2.05) is 0 Å². The van der Waals surface area contributed by atoms with Gasteiger partial charge in [0.05, 0.1) is 38.6 Å². The molecule has 0 aromatic carbocycles. The molecular weight excluding hydrogens is 310 g/mol. The van der Waals surface area contributed by atoms with Crippen LogP contribution in [0.2, 0.25) is 0 Å². The first-order valence-electron chi connectivity index (χ1n) is 8.23. The summed E-state index contributed by atoms with van der Waals surface area (Å²) in [7, 11) is 5.15. The quantitative estimate of drug-likeness (QED) is 0.824. The van der Waals surface area contributed by atoms with Crippen LogP contribution in [0.5, 0.6) is 5.75 Å². The highest BCUT2D eigenvalue weighted by Gasteiger charge is 2.38. The summed E-state index contributed by atoms with van der Waals surface area (Å²) >= 11 is 0. The van der Waals surface area contributed by atoms with Gasteiger partial charge in [0.2, 0.25) is 11.9 Å². The van der Waals surface area contributed by atoms with Gasteiger partial charge in [-0.15, -0.1) is 0 Å². The SMILES string of the molecule is COc1cnc(N[C@@H]2C[C@H]3CO[C@@H](CC(=O)N(C)C)CN3C2)nc1. The van der Waals surface area contributed by atoms with E-state index < -0.39 is 0 Å². The van der Waals surface area contributed by atoms with Crippen LogP contribution < -0.4 is 10.1 Å². The Balaban J connectivity index is 1.52. The third-order valence-corrected chi connectivity index (χ3v) is 4.59. The summed E-state index contributed by atoms with van der Waals surface area (Å²) in [6.45, 7) is 2.38. The molecule has 8 heteroatoms. The molecule has 1 amide bonds. The van der Waals surface area contributed by atoms with Crippen molar-refractivity contribution in [2.45, 2.75) is 31.0 Å². The monoisotopic (exact) mass is 335 g/mol. The van der Waals surface area contributed by atoms with E-state index in [9.17, 15) is 4.79 Å². The molecule has 0 unspecified atom stereocenters. The maximum absolute atomic E-state index is 11.8. The third kappa shape index (κ3) is 3.93. The van der Waals surface area contributed by atoms with E-state index in [1.165, 1.54) is 0 Å². The molecule has 3 rings (SSSR count). The number of carbonyl (C=O) groups is 1. The fourth-order valence-corrected chi connectivity index (χ4v) is 3.23. The number of amides is 1. The molecule has 1 aromatic heterocycles. The lowest BCUT2D eigenvalue weighted by molar-refractivity contribution is -0.134. The van der Waals surface area contributed by atoms with Gasteiger partial charge in [0.15, 0.2) is 5.75 Å². The number of hydrogen-bond donors (Lipinski definition) is 1. The Kier molecular flexibility index (Phi) is 5.15. The molecule has 3 heterocycles. The van der Waals surface area contributed by atoms with Crippen molar-refractivity contribution in [2.24, 2.45) is 0 Å². The molecule has 2 fully saturated rings. The van der Waals surface area contributed by atoms with Crippen molar-refractivity contribution in [3.05, 3.63) is 12.4 Å². The zero-order valence-corrected chi connectivity index (χ0v) is 14.4. The summed E-state index contributed by atoms with van der Waals surface area (Å²) in [6, 6.07) is 0.682. The Labute approximate surface area is 142 Å². The number of carbonyl (C=O) groups excluding carboxylic acids is 1. The minimum absolute atomic E-state index is 0.0212. The van der Waals surface area contributed by atoms with Gasteiger partial charge in [-0.05, 0) is 6.42 Å². The molecule has 24 heavy (non-hydrogen) atoms. The number of nitrogens with one attached hydrogen (secondary N) is 1. The molecule has 2 saturated heterocycles. The standard InChI is InChI=1S/C16H25N5O3/c1-20(2)15(22)5-13-9-21-8-11(4-12(21)10-24-13)19-16-17-6-14(23-3)7-18-16/h6-7,11-13H,4-5,8-10H2,1-3H3,(H,17,18,19)/t11-,12+,13+/m1/s1. The van der Waals surface area contributed by atoms with Crippen LogP contribution in [0, 0.1) is 0 Å². The van der Waals surface area contributed by atoms with Gasteiger partial charge in [-0.2, -0.15) is 0 Å². The van der Waals surface area contributed by atoms with Crippen LogP contribution in [0.3, 0.4) is 0 Å². The molecule has 132 valence electrons. The van der Waals surface area contributed by atoms with Gasteiger partial charge in [0, 0.05) is 39.3 Å². The fraction of sp³-hybridized carbons (Fsp3) is 0.688. The maximum Gasteiger partial charge on any atom is 0.224 e. The first kappa shape index (κ1) is 16.9. The summed E-state index contributed by atoms with van der Waals surface area (Å²) in [5.74, 6) is 1.37. The minimum Gasteiger partial charge on any atom is -0.494 e. The topological polar surface area (TPSA) is 79.8 Å². The number of anilines is 1. The lowest BCUT2D eigenvalue weighted by Gasteiger charge is -2.35. The molecule has 2 aliphatic rings. The lowest BCUT2D eigenvalue weighted by atomic mass is 10.1. The molecular formula is C16H25N5O3. The molecule has 8 nitrogen and oxygen atoms in total. The third-order valence-electron chi connectivity index (χ3n) is 4.59. The molecule has 0 spiro atoms. The summed E-state index contributed by atoms with van der Waals surface area (Å²) in [4.78, 5) is 24.4. The van der Waals surface area contributed by atoms with E-state index in [0.29, 0.717) is 30.8 Å². The van der Waals surface area contributed by atoms with Gasteiger partial charge in [-0.1, -0.05) is 0 Å². The number of ether oxygens (including phenoxy) is 2. The summed E-state index contributed by atoms with van der Waals surface area (Å²) in [5.41, 5.74) is 0. The van der Waals surface area contributed by atoms with Crippen LogP contribution in [0.4, 0.5) is 5.95 Å². The van der Waals surface area contributed by atoms with Crippen molar-refractivity contribution in [1.29, 1.82) is 0 Å².